The Morgan fingerprint density at radius 1 is 1.27 bits per heavy atom. The third kappa shape index (κ3) is 3.62. The zero-order chi connectivity index (χ0) is 11.1. The molecule has 0 amide bonds. The smallest absolute Gasteiger partial charge is 0.0985 e. The molecule has 0 aliphatic rings. The van der Waals surface area contributed by atoms with E-state index in [0.717, 1.165) is 24.1 Å². The van der Waals surface area contributed by atoms with Gasteiger partial charge in [-0.15, -0.1) is 11.3 Å². The van der Waals surface area contributed by atoms with Crippen molar-refractivity contribution < 1.29 is 5.11 Å². The molecule has 1 N–H and O–H groups in total. The summed E-state index contributed by atoms with van der Waals surface area (Å²) in [5.74, 6) is 0. The van der Waals surface area contributed by atoms with E-state index in [9.17, 15) is 5.11 Å². The van der Waals surface area contributed by atoms with Crippen LogP contribution in [0, 0.1) is 0 Å². The molecule has 1 rings (SSSR count). The van der Waals surface area contributed by atoms with Crippen LogP contribution in [0.25, 0.3) is 0 Å². The Morgan fingerprint density at radius 2 is 2.07 bits per heavy atom. The van der Waals surface area contributed by atoms with E-state index in [-0.39, 0.29) is 0 Å². The van der Waals surface area contributed by atoms with E-state index in [0.29, 0.717) is 0 Å². The molecule has 0 spiro atoms. The van der Waals surface area contributed by atoms with Crippen LogP contribution >= 0.6 is 11.3 Å². The molecule has 1 atom stereocenters. The summed E-state index contributed by atoms with van der Waals surface area (Å²) in [5.41, 5.74) is -0.568. The first-order valence-corrected chi connectivity index (χ1v) is 6.87. The van der Waals surface area contributed by atoms with Crippen molar-refractivity contribution in [2.24, 2.45) is 0 Å². The number of aliphatic hydroxyl groups is 1. The van der Waals surface area contributed by atoms with Crippen molar-refractivity contribution in [3.8, 4) is 0 Å². The summed E-state index contributed by atoms with van der Waals surface area (Å²) in [7, 11) is 0. The number of hydrogen-bond acceptors (Lipinski definition) is 2. The average molecular weight is 226 g/mol. The van der Waals surface area contributed by atoms with Crippen LogP contribution in [-0.4, -0.2) is 5.11 Å². The zero-order valence-electron chi connectivity index (χ0n) is 9.83. The van der Waals surface area contributed by atoms with Crippen molar-refractivity contribution in [3.05, 3.63) is 22.4 Å². The van der Waals surface area contributed by atoms with E-state index >= 15 is 0 Å². The molecule has 0 unspecified atom stereocenters. The lowest BCUT2D eigenvalue weighted by molar-refractivity contribution is 0.0243. The van der Waals surface area contributed by atoms with Crippen molar-refractivity contribution in [1.82, 2.24) is 0 Å². The predicted octanol–water partition coefficient (Wildman–Crippen LogP) is 4.32. The van der Waals surface area contributed by atoms with Gasteiger partial charge in [0.15, 0.2) is 0 Å². The van der Waals surface area contributed by atoms with Crippen LogP contribution in [0.4, 0.5) is 0 Å². The van der Waals surface area contributed by atoms with E-state index in [1.54, 1.807) is 11.3 Å². The molecule has 0 saturated carbocycles. The molecule has 0 fully saturated rings. The number of rotatable bonds is 7. The van der Waals surface area contributed by atoms with Crippen molar-refractivity contribution >= 4 is 11.3 Å². The maximum atomic E-state index is 10.5. The van der Waals surface area contributed by atoms with Gasteiger partial charge in [-0.1, -0.05) is 45.6 Å². The number of thiophene rings is 1. The second kappa shape index (κ2) is 6.29. The fourth-order valence-electron chi connectivity index (χ4n) is 1.86. The van der Waals surface area contributed by atoms with Crippen molar-refractivity contribution in [3.63, 3.8) is 0 Å². The van der Waals surface area contributed by atoms with Gasteiger partial charge in [0, 0.05) is 4.88 Å². The highest BCUT2D eigenvalue weighted by Gasteiger charge is 2.27. The molecule has 0 saturated heterocycles. The Kier molecular flexibility index (Phi) is 5.34. The topological polar surface area (TPSA) is 20.2 Å². The van der Waals surface area contributed by atoms with Crippen molar-refractivity contribution in [1.29, 1.82) is 0 Å². The Hall–Kier alpha value is -0.340. The van der Waals surface area contributed by atoms with Gasteiger partial charge in [0.25, 0.3) is 0 Å². The quantitative estimate of drug-likeness (QED) is 0.687. The first kappa shape index (κ1) is 12.7. The Morgan fingerprint density at radius 3 is 2.60 bits per heavy atom. The summed E-state index contributed by atoms with van der Waals surface area (Å²) < 4.78 is 0. The second-order valence-electron chi connectivity index (χ2n) is 4.17. The molecule has 0 radical (unpaired) electrons. The van der Waals surface area contributed by atoms with Gasteiger partial charge in [-0.25, -0.2) is 0 Å². The summed E-state index contributed by atoms with van der Waals surface area (Å²) >= 11 is 1.67. The SMILES string of the molecule is CCCCCC[C@](O)(CC)c1cccs1. The van der Waals surface area contributed by atoms with Gasteiger partial charge in [0.05, 0.1) is 5.60 Å². The van der Waals surface area contributed by atoms with Crippen LogP contribution in [0.2, 0.25) is 0 Å². The maximum absolute atomic E-state index is 10.5. The molecular formula is C13H22OS. The fraction of sp³-hybridized carbons (Fsp3) is 0.692. The van der Waals surface area contributed by atoms with Gasteiger partial charge in [0.1, 0.15) is 0 Å². The highest BCUT2D eigenvalue weighted by molar-refractivity contribution is 7.10. The van der Waals surface area contributed by atoms with Crippen LogP contribution in [0.15, 0.2) is 17.5 Å². The van der Waals surface area contributed by atoms with E-state index < -0.39 is 5.60 Å². The average Bonchev–Trinajstić information content (AvgIpc) is 2.78. The van der Waals surface area contributed by atoms with Gasteiger partial charge in [-0.2, -0.15) is 0 Å². The lowest BCUT2D eigenvalue weighted by Gasteiger charge is -2.25. The lowest BCUT2D eigenvalue weighted by atomic mass is 9.91. The molecule has 0 aliphatic carbocycles. The maximum Gasteiger partial charge on any atom is 0.0985 e. The number of unbranched alkanes of at least 4 members (excludes halogenated alkanes) is 3. The molecular weight excluding hydrogens is 204 g/mol. The van der Waals surface area contributed by atoms with Gasteiger partial charge >= 0.3 is 0 Å². The summed E-state index contributed by atoms with van der Waals surface area (Å²) in [5, 5.41) is 12.5. The van der Waals surface area contributed by atoms with E-state index in [1.807, 2.05) is 17.5 Å². The molecule has 1 nitrogen and oxygen atoms in total. The van der Waals surface area contributed by atoms with Crippen molar-refractivity contribution in [2.45, 2.75) is 58.0 Å². The molecule has 0 aromatic carbocycles. The predicted molar refractivity (Wildman–Crippen MR) is 67.3 cm³/mol. The molecule has 2 heteroatoms. The van der Waals surface area contributed by atoms with Gasteiger partial charge < -0.3 is 5.11 Å². The largest absolute Gasteiger partial charge is 0.384 e. The zero-order valence-corrected chi connectivity index (χ0v) is 10.6. The Bertz CT molecular complexity index is 256. The third-order valence-electron chi connectivity index (χ3n) is 3.01. The van der Waals surface area contributed by atoms with E-state index in [2.05, 4.69) is 13.8 Å². The molecule has 1 aromatic heterocycles. The van der Waals surface area contributed by atoms with Gasteiger partial charge in [-0.05, 0) is 24.3 Å². The second-order valence-corrected chi connectivity index (χ2v) is 5.12. The Labute approximate surface area is 97.2 Å². The lowest BCUT2D eigenvalue weighted by Crippen LogP contribution is -2.23. The molecule has 15 heavy (non-hydrogen) atoms. The minimum absolute atomic E-state index is 0.568. The van der Waals surface area contributed by atoms with Crippen molar-refractivity contribution in [2.75, 3.05) is 0 Å². The monoisotopic (exact) mass is 226 g/mol. The summed E-state index contributed by atoms with van der Waals surface area (Å²) in [6, 6.07) is 4.07. The number of hydrogen-bond donors (Lipinski definition) is 1. The molecule has 86 valence electrons. The summed E-state index contributed by atoms with van der Waals surface area (Å²) in [6.07, 6.45) is 6.64. The fourth-order valence-corrected chi connectivity index (χ4v) is 2.79. The van der Waals surface area contributed by atoms with Gasteiger partial charge in [-0.3, -0.25) is 0 Å². The highest BCUT2D eigenvalue weighted by Crippen LogP contribution is 2.33. The third-order valence-corrected chi connectivity index (χ3v) is 4.07. The minimum Gasteiger partial charge on any atom is -0.384 e. The molecule has 1 heterocycles. The molecule has 1 aromatic rings. The first-order chi connectivity index (χ1) is 7.23. The standard InChI is InChI=1S/C13H22OS/c1-3-5-6-7-10-13(14,4-2)12-9-8-11-15-12/h8-9,11,14H,3-7,10H2,1-2H3/t13-/m1/s1. The normalized spacial score (nSPS) is 15.1. The van der Waals surface area contributed by atoms with E-state index in [1.165, 1.54) is 19.3 Å². The molecule has 0 aliphatic heterocycles. The van der Waals surface area contributed by atoms with Crippen LogP contribution in [0.3, 0.4) is 0 Å². The summed E-state index contributed by atoms with van der Waals surface area (Å²) in [6.45, 7) is 4.28. The molecule has 0 bridgehead atoms. The minimum atomic E-state index is -0.568. The highest BCUT2D eigenvalue weighted by atomic mass is 32.1. The van der Waals surface area contributed by atoms with Crippen LogP contribution < -0.4 is 0 Å². The van der Waals surface area contributed by atoms with Crippen LogP contribution in [-0.2, 0) is 5.60 Å². The van der Waals surface area contributed by atoms with Gasteiger partial charge in [0.2, 0.25) is 0 Å². The van der Waals surface area contributed by atoms with Crippen LogP contribution in [0.1, 0.15) is 57.2 Å². The van der Waals surface area contributed by atoms with E-state index in [4.69, 9.17) is 0 Å². The first-order valence-electron chi connectivity index (χ1n) is 5.99. The Balaban J connectivity index is 2.46. The summed E-state index contributed by atoms with van der Waals surface area (Å²) in [4.78, 5) is 1.13. The van der Waals surface area contributed by atoms with Crippen LogP contribution in [0.5, 0.6) is 0 Å².